The molecular formula is C16H21ClN2O3. The van der Waals surface area contributed by atoms with Crippen molar-refractivity contribution >= 4 is 29.1 Å². The maximum atomic E-state index is 12.0. The Kier molecular flexibility index (Phi) is 5.80. The number of amides is 2. The van der Waals surface area contributed by atoms with E-state index in [2.05, 4.69) is 5.32 Å². The van der Waals surface area contributed by atoms with Gasteiger partial charge in [0.15, 0.2) is 0 Å². The normalized spacial score (nSPS) is 18.6. The molecule has 2 amide bonds. The van der Waals surface area contributed by atoms with Gasteiger partial charge in [-0.25, -0.2) is 0 Å². The van der Waals surface area contributed by atoms with E-state index in [9.17, 15) is 9.59 Å². The lowest BCUT2D eigenvalue weighted by Gasteiger charge is -2.33. The highest BCUT2D eigenvalue weighted by Gasteiger charge is 2.27. The summed E-state index contributed by atoms with van der Waals surface area (Å²) in [7, 11) is 0. The van der Waals surface area contributed by atoms with Gasteiger partial charge in [-0.3, -0.25) is 9.59 Å². The molecular weight excluding hydrogens is 304 g/mol. The number of nitrogens with zero attached hydrogens (tertiary/aromatic N) is 1. The van der Waals surface area contributed by atoms with Gasteiger partial charge in [-0.1, -0.05) is 25.4 Å². The Hall–Kier alpha value is -1.59. The summed E-state index contributed by atoms with van der Waals surface area (Å²) < 4.78 is 5.49. The van der Waals surface area contributed by atoms with Crippen molar-refractivity contribution in [3.8, 4) is 0 Å². The van der Waals surface area contributed by atoms with Crippen molar-refractivity contribution in [1.82, 2.24) is 5.32 Å². The third-order valence-electron chi connectivity index (χ3n) is 3.39. The highest BCUT2D eigenvalue weighted by atomic mass is 35.5. The fourth-order valence-electron chi connectivity index (χ4n) is 2.29. The van der Waals surface area contributed by atoms with E-state index in [1.165, 1.54) is 0 Å². The summed E-state index contributed by atoms with van der Waals surface area (Å²) >= 11 is 5.87. The Balaban J connectivity index is 1.92. The molecule has 1 aliphatic heterocycles. The SMILES string of the molecule is CC(C)CC(=O)NCC1CN(c2ccc(Cl)cc2)C(=O)CO1. The van der Waals surface area contributed by atoms with E-state index in [1.807, 2.05) is 13.8 Å². The predicted molar refractivity (Wildman–Crippen MR) is 86.0 cm³/mol. The fourth-order valence-corrected chi connectivity index (χ4v) is 2.42. The third-order valence-corrected chi connectivity index (χ3v) is 3.64. The number of ether oxygens (including phenoxy) is 1. The van der Waals surface area contributed by atoms with Gasteiger partial charge >= 0.3 is 0 Å². The molecule has 1 aromatic carbocycles. The molecule has 0 radical (unpaired) electrons. The van der Waals surface area contributed by atoms with E-state index in [-0.39, 0.29) is 24.5 Å². The number of rotatable bonds is 5. The lowest BCUT2D eigenvalue weighted by Crippen LogP contribution is -2.50. The molecule has 5 nitrogen and oxygen atoms in total. The molecule has 1 atom stereocenters. The Morgan fingerprint density at radius 1 is 1.41 bits per heavy atom. The summed E-state index contributed by atoms with van der Waals surface area (Å²) in [4.78, 5) is 25.3. The molecule has 120 valence electrons. The van der Waals surface area contributed by atoms with E-state index < -0.39 is 0 Å². The molecule has 0 spiro atoms. The summed E-state index contributed by atoms with van der Waals surface area (Å²) in [6, 6.07) is 7.11. The van der Waals surface area contributed by atoms with Gasteiger partial charge in [0.05, 0.1) is 12.6 Å². The Bertz CT molecular complexity index is 531. The minimum absolute atomic E-state index is 0.00791. The highest BCUT2D eigenvalue weighted by Crippen LogP contribution is 2.21. The van der Waals surface area contributed by atoms with E-state index in [0.717, 1.165) is 5.69 Å². The summed E-state index contributed by atoms with van der Waals surface area (Å²) in [5, 5.41) is 3.48. The first-order valence-electron chi connectivity index (χ1n) is 7.40. The zero-order chi connectivity index (χ0) is 16.1. The number of hydrogen-bond acceptors (Lipinski definition) is 3. The highest BCUT2D eigenvalue weighted by molar-refractivity contribution is 6.30. The van der Waals surface area contributed by atoms with Gasteiger partial charge in [-0.15, -0.1) is 0 Å². The van der Waals surface area contributed by atoms with Crippen molar-refractivity contribution in [2.24, 2.45) is 5.92 Å². The maximum Gasteiger partial charge on any atom is 0.253 e. The van der Waals surface area contributed by atoms with Crippen LogP contribution in [0.15, 0.2) is 24.3 Å². The second-order valence-electron chi connectivity index (χ2n) is 5.82. The standard InChI is InChI=1S/C16H21ClN2O3/c1-11(2)7-15(20)18-8-14-9-19(16(21)10-22-14)13-5-3-12(17)4-6-13/h3-6,11,14H,7-10H2,1-2H3,(H,18,20). The smallest absolute Gasteiger partial charge is 0.253 e. The van der Waals surface area contributed by atoms with Crippen molar-refractivity contribution in [3.05, 3.63) is 29.3 Å². The number of morpholine rings is 1. The monoisotopic (exact) mass is 324 g/mol. The molecule has 0 aliphatic carbocycles. The van der Waals surface area contributed by atoms with Crippen LogP contribution in [0.4, 0.5) is 5.69 Å². The molecule has 1 aliphatic rings. The lowest BCUT2D eigenvalue weighted by molar-refractivity contribution is -0.129. The third kappa shape index (κ3) is 4.71. The number of carbonyl (C=O) groups is 2. The zero-order valence-electron chi connectivity index (χ0n) is 12.8. The van der Waals surface area contributed by atoms with Crippen molar-refractivity contribution in [2.75, 3.05) is 24.6 Å². The van der Waals surface area contributed by atoms with Gasteiger partial charge < -0.3 is 15.0 Å². The molecule has 1 heterocycles. The first kappa shape index (κ1) is 16.8. The number of halogens is 1. The van der Waals surface area contributed by atoms with E-state index in [0.29, 0.717) is 30.5 Å². The summed E-state index contributed by atoms with van der Waals surface area (Å²) in [5.41, 5.74) is 0.788. The number of hydrogen-bond donors (Lipinski definition) is 1. The first-order valence-corrected chi connectivity index (χ1v) is 7.77. The van der Waals surface area contributed by atoms with E-state index in [1.54, 1.807) is 29.2 Å². The van der Waals surface area contributed by atoms with E-state index in [4.69, 9.17) is 16.3 Å². The summed E-state index contributed by atoms with van der Waals surface area (Å²) in [6.45, 7) is 4.84. The second kappa shape index (κ2) is 7.61. The number of nitrogens with one attached hydrogen (secondary N) is 1. The van der Waals surface area contributed by atoms with Crippen molar-refractivity contribution in [3.63, 3.8) is 0 Å². The molecule has 1 saturated heterocycles. The molecule has 0 aromatic heterocycles. The van der Waals surface area contributed by atoms with Gasteiger partial charge in [-0.05, 0) is 30.2 Å². The summed E-state index contributed by atoms with van der Waals surface area (Å²) in [6.07, 6.45) is 0.288. The molecule has 2 rings (SSSR count). The Morgan fingerprint density at radius 3 is 2.73 bits per heavy atom. The van der Waals surface area contributed by atoms with Gasteiger partial charge in [0.25, 0.3) is 5.91 Å². The quantitative estimate of drug-likeness (QED) is 0.903. The van der Waals surface area contributed by atoms with Crippen LogP contribution in [0.1, 0.15) is 20.3 Å². The molecule has 22 heavy (non-hydrogen) atoms. The van der Waals surface area contributed by atoms with Crippen LogP contribution >= 0.6 is 11.6 Å². The number of anilines is 1. The van der Waals surface area contributed by atoms with Crippen LogP contribution in [0.25, 0.3) is 0 Å². The van der Waals surface area contributed by atoms with Crippen LogP contribution in [0.5, 0.6) is 0 Å². The van der Waals surface area contributed by atoms with Crippen LogP contribution in [0.3, 0.4) is 0 Å². The molecule has 1 unspecified atom stereocenters. The molecule has 0 saturated carbocycles. The van der Waals surface area contributed by atoms with Crippen LogP contribution in [0, 0.1) is 5.92 Å². The predicted octanol–water partition coefficient (Wildman–Crippen LogP) is 2.23. The van der Waals surface area contributed by atoms with Gasteiger partial charge in [0.2, 0.25) is 5.91 Å². The van der Waals surface area contributed by atoms with Gasteiger partial charge in [-0.2, -0.15) is 0 Å². The van der Waals surface area contributed by atoms with Crippen LogP contribution in [-0.2, 0) is 14.3 Å². The van der Waals surface area contributed by atoms with Gasteiger partial charge in [0, 0.05) is 23.7 Å². The second-order valence-corrected chi connectivity index (χ2v) is 6.25. The van der Waals surface area contributed by atoms with Crippen molar-refractivity contribution < 1.29 is 14.3 Å². The average Bonchev–Trinajstić information content (AvgIpc) is 2.47. The molecule has 1 fully saturated rings. The van der Waals surface area contributed by atoms with Crippen LogP contribution in [-0.4, -0.2) is 37.6 Å². The molecule has 0 bridgehead atoms. The van der Waals surface area contributed by atoms with Gasteiger partial charge in [0.1, 0.15) is 6.61 Å². The largest absolute Gasteiger partial charge is 0.365 e. The first-order chi connectivity index (χ1) is 10.5. The van der Waals surface area contributed by atoms with E-state index >= 15 is 0 Å². The Morgan fingerprint density at radius 2 is 2.09 bits per heavy atom. The summed E-state index contributed by atoms with van der Waals surface area (Å²) in [5.74, 6) is 0.236. The minimum Gasteiger partial charge on any atom is -0.365 e. The van der Waals surface area contributed by atoms with Crippen molar-refractivity contribution in [2.45, 2.75) is 26.4 Å². The van der Waals surface area contributed by atoms with Crippen LogP contribution < -0.4 is 10.2 Å². The lowest BCUT2D eigenvalue weighted by atomic mass is 10.1. The van der Waals surface area contributed by atoms with Crippen molar-refractivity contribution in [1.29, 1.82) is 0 Å². The number of benzene rings is 1. The minimum atomic E-state index is -0.204. The molecule has 1 aromatic rings. The number of carbonyl (C=O) groups excluding carboxylic acids is 2. The molecule has 1 N–H and O–H groups in total. The topological polar surface area (TPSA) is 58.6 Å². The zero-order valence-corrected chi connectivity index (χ0v) is 13.6. The maximum absolute atomic E-state index is 12.0. The fraction of sp³-hybridized carbons (Fsp3) is 0.500. The molecule has 6 heteroatoms. The Labute approximate surface area is 135 Å². The average molecular weight is 325 g/mol. The van der Waals surface area contributed by atoms with Crippen LogP contribution in [0.2, 0.25) is 5.02 Å².